The Hall–Kier alpha value is -2.17. The molecule has 0 radical (unpaired) electrons. The molecule has 0 saturated carbocycles. The molecule has 1 rings (SSSR count). The summed E-state index contributed by atoms with van der Waals surface area (Å²) in [5.74, 6) is 0. The standard InChI is InChI=1S/C7H5NO2.C2H2O2.CH4/c9-4-6-2-1-3-7(5-10)8-6;3-1-2-4;/h1-5H;1-2H;1H4. The van der Waals surface area contributed by atoms with Gasteiger partial charge in [0.2, 0.25) is 0 Å². The monoisotopic (exact) mass is 209 g/mol. The highest BCUT2D eigenvalue weighted by Crippen LogP contribution is 1.92. The number of aldehydes is 4. The topological polar surface area (TPSA) is 81.2 Å². The number of rotatable bonds is 3. The lowest BCUT2D eigenvalue weighted by Crippen LogP contribution is -1.90. The van der Waals surface area contributed by atoms with Crippen molar-refractivity contribution in [1.82, 2.24) is 4.98 Å². The van der Waals surface area contributed by atoms with Crippen LogP contribution in [0.1, 0.15) is 28.4 Å². The molecule has 15 heavy (non-hydrogen) atoms. The highest BCUT2D eigenvalue weighted by atomic mass is 16.2. The van der Waals surface area contributed by atoms with E-state index in [2.05, 4.69) is 4.98 Å². The van der Waals surface area contributed by atoms with Gasteiger partial charge in [0.1, 0.15) is 11.4 Å². The molecule has 0 spiro atoms. The maximum absolute atomic E-state index is 10.1. The third-order valence-corrected chi connectivity index (χ3v) is 1.09. The van der Waals surface area contributed by atoms with Crippen LogP contribution in [0.15, 0.2) is 18.2 Å². The van der Waals surface area contributed by atoms with Gasteiger partial charge in [-0.05, 0) is 12.1 Å². The molecule has 0 aliphatic rings. The van der Waals surface area contributed by atoms with E-state index < -0.39 is 0 Å². The van der Waals surface area contributed by atoms with Crippen molar-refractivity contribution in [2.45, 2.75) is 7.43 Å². The number of hydrogen-bond donors (Lipinski definition) is 0. The Balaban J connectivity index is 0. The summed E-state index contributed by atoms with van der Waals surface area (Å²) in [7, 11) is 0. The Morgan fingerprint density at radius 1 is 0.867 bits per heavy atom. The first kappa shape index (κ1) is 15.3. The summed E-state index contributed by atoms with van der Waals surface area (Å²) >= 11 is 0. The molecule has 0 amide bonds. The van der Waals surface area contributed by atoms with Crippen molar-refractivity contribution in [1.29, 1.82) is 0 Å². The van der Waals surface area contributed by atoms with Crippen molar-refractivity contribution >= 4 is 25.1 Å². The Morgan fingerprint density at radius 3 is 1.53 bits per heavy atom. The minimum absolute atomic E-state index is 0. The van der Waals surface area contributed by atoms with Crippen molar-refractivity contribution in [2.75, 3.05) is 0 Å². The molecule has 0 fully saturated rings. The van der Waals surface area contributed by atoms with Crippen LogP contribution in [0.5, 0.6) is 0 Å². The normalized spacial score (nSPS) is 7.20. The fourth-order valence-corrected chi connectivity index (χ4v) is 0.600. The highest BCUT2D eigenvalue weighted by molar-refractivity contribution is 6.09. The summed E-state index contributed by atoms with van der Waals surface area (Å²) in [4.78, 5) is 41.5. The minimum atomic E-state index is 0. The van der Waals surface area contributed by atoms with E-state index in [4.69, 9.17) is 9.59 Å². The van der Waals surface area contributed by atoms with Gasteiger partial charge in [-0.25, -0.2) is 4.98 Å². The van der Waals surface area contributed by atoms with Crippen molar-refractivity contribution in [3.05, 3.63) is 29.6 Å². The SMILES string of the molecule is C.O=CC=O.O=Cc1cccc(C=O)n1. The predicted molar refractivity (Wildman–Crippen MR) is 53.9 cm³/mol. The zero-order valence-corrected chi connectivity index (χ0v) is 7.12. The van der Waals surface area contributed by atoms with E-state index in [0.717, 1.165) is 0 Å². The van der Waals surface area contributed by atoms with Crippen LogP contribution in [0, 0.1) is 0 Å². The molecular formula is C10H11NO4. The molecule has 1 aromatic rings. The number of carbonyl (C=O) groups excluding carboxylic acids is 4. The predicted octanol–water partition coefficient (Wildman–Crippen LogP) is 0.727. The highest BCUT2D eigenvalue weighted by Gasteiger charge is 1.92. The van der Waals surface area contributed by atoms with Gasteiger partial charge in [-0.1, -0.05) is 13.5 Å². The van der Waals surface area contributed by atoms with Crippen LogP contribution in [0.25, 0.3) is 0 Å². The van der Waals surface area contributed by atoms with E-state index in [1.54, 1.807) is 18.2 Å². The lowest BCUT2D eigenvalue weighted by Gasteiger charge is -1.88. The lowest BCUT2D eigenvalue weighted by atomic mass is 10.3. The summed E-state index contributed by atoms with van der Waals surface area (Å²) in [6, 6.07) is 4.69. The van der Waals surface area contributed by atoms with Crippen molar-refractivity contribution in [2.24, 2.45) is 0 Å². The van der Waals surface area contributed by atoms with Crippen LogP contribution in [0.3, 0.4) is 0 Å². The van der Waals surface area contributed by atoms with E-state index in [9.17, 15) is 9.59 Å². The van der Waals surface area contributed by atoms with Crippen molar-refractivity contribution < 1.29 is 19.2 Å². The van der Waals surface area contributed by atoms with Gasteiger partial charge in [0.15, 0.2) is 25.1 Å². The number of nitrogens with zero attached hydrogens (tertiary/aromatic N) is 1. The molecular weight excluding hydrogens is 198 g/mol. The summed E-state index contributed by atoms with van der Waals surface area (Å²) < 4.78 is 0. The average Bonchev–Trinajstić information content (AvgIpc) is 2.29. The molecule has 80 valence electrons. The molecule has 0 saturated heterocycles. The first-order chi connectivity index (χ1) is 6.78. The minimum Gasteiger partial charge on any atom is -0.296 e. The average molecular weight is 209 g/mol. The van der Waals surface area contributed by atoms with Crippen LogP contribution in [0.4, 0.5) is 0 Å². The Bertz CT molecular complexity index is 307. The van der Waals surface area contributed by atoms with Gasteiger partial charge in [-0.15, -0.1) is 0 Å². The molecule has 0 aliphatic carbocycles. The van der Waals surface area contributed by atoms with Crippen LogP contribution in [-0.4, -0.2) is 30.1 Å². The van der Waals surface area contributed by atoms with E-state index in [-0.39, 0.29) is 31.4 Å². The third kappa shape index (κ3) is 6.94. The second kappa shape index (κ2) is 9.91. The smallest absolute Gasteiger partial charge is 0.182 e. The van der Waals surface area contributed by atoms with Gasteiger partial charge in [0.25, 0.3) is 0 Å². The molecule has 1 aromatic heterocycles. The number of aromatic nitrogens is 1. The summed E-state index contributed by atoms with van der Waals surface area (Å²) in [6.07, 6.45) is 1.60. The largest absolute Gasteiger partial charge is 0.296 e. The number of pyridine rings is 1. The lowest BCUT2D eigenvalue weighted by molar-refractivity contribution is -0.122. The fraction of sp³-hybridized carbons (Fsp3) is 0.100. The van der Waals surface area contributed by atoms with Gasteiger partial charge in [-0.3, -0.25) is 19.2 Å². The van der Waals surface area contributed by atoms with E-state index >= 15 is 0 Å². The maximum atomic E-state index is 10.1. The van der Waals surface area contributed by atoms with E-state index in [1.165, 1.54) is 0 Å². The maximum Gasteiger partial charge on any atom is 0.182 e. The van der Waals surface area contributed by atoms with Crippen LogP contribution < -0.4 is 0 Å². The first-order valence-electron chi connectivity index (χ1n) is 3.54. The summed E-state index contributed by atoms with van der Waals surface area (Å²) in [5, 5.41) is 0. The zero-order chi connectivity index (χ0) is 10.8. The quantitative estimate of drug-likeness (QED) is 0.541. The van der Waals surface area contributed by atoms with Gasteiger partial charge in [-0.2, -0.15) is 0 Å². The second-order valence-corrected chi connectivity index (χ2v) is 2.00. The molecule has 0 aromatic carbocycles. The molecule has 0 unspecified atom stereocenters. The van der Waals surface area contributed by atoms with Crippen LogP contribution in [-0.2, 0) is 9.59 Å². The van der Waals surface area contributed by atoms with Crippen molar-refractivity contribution in [3.63, 3.8) is 0 Å². The van der Waals surface area contributed by atoms with Crippen LogP contribution in [0.2, 0.25) is 0 Å². The number of hydrogen-bond acceptors (Lipinski definition) is 5. The molecule has 0 bridgehead atoms. The fourth-order valence-electron chi connectivity index (χ4n) is 0.600. The zero-order valence-electron chi connectivity index (χ0n) is 7.12. The molecule has 5 nitrogen and oxygen atoms in total. The van der Waals surface area contributed by atoms with Crippen LogP contribution >= 0.6 is 0 Å². The Morgan fingerprint density at radius 2 is 1.27 bits per heavy atom. The van der Waals surface area contributed by atoms with Gasteiger partial charge < -0.3 is 0 Å². The Kier molecular flexibility index (Phi) is 10.1. The van der Waals surface area contributed by atoms with Gasteiger partial charge in [0.05, 0.1) is 0 Å². The van der Waals surface area contributed by atoms with Gasteiger partial charge >= 0.3 is 0 Å². The molecule has 1 heterocycles. The molecule has 0 aliphatic heterocycles. The molecule has 5 heteroatoms. The Labute approximate surface area is 87.1 Å². The molecule has 0 N–H and O–H groups in total. The first-order valence-corrected chi connectivity index (χ1v) is 3.54. The van der Waals surface area contributed by atoms with Gasteiger partial charge in [0, 0.05) is 0 Å². The summed E-state index contributed by atoms with van der Waals surface area (Å²) in [6.45, 7) is 0. The third-order valence-electron chi connectivity index (χ3n) is 1.09. The van der Waals surface area contributed by atoms with E-state index in [1.807, 2.05) is 0 Å². The number of carbonyl (C=O) groups is 4. The van der Waals surface area contributed by atoms with Crippen molar-refractivity contribution in [3.8, 4) is 0 Å². The molecule has 0 atom stereocenters. The second-order valence-electron chi connectivity index (χ2n) is 2.00. The summed E-state index contributed by atoms with van der Waals surface area (Å²) in [5.41, 5.74) is 0.564. The van der Waals surface area contributed by atoms with E-state index in [0.29, 0.717) is 12.6 Å².